The molecule has 2 aromatic rings. The molecule has 0 radical (unpaired) electrons. The van der Waals surface area contributed by atoms with Gasteiger partial charge in [0.25, 0.3) is 5.79 Å². The molecule has 4 fully saturated rings. The number of nitrogens with one attached hydrogen (secondary N) is 1. The molecule has 108 heavy (non-hydrogen) atoms. The van der Waals surface area contributed by atoms with E-state index in [-0.39, 0.29) is 74.4 Å². The molecule has 6 rings (SSSR count). The second-order valence-electron chi connectivity index (χ2n) is 30.8. The summed E-state index contributed by atoms with van der Waals surface area (Å²) in [7, 11) is 1.22. The number of esters is 7. The van der Waals surface area contributed by atoms with Crippen LogP contribution in [0.1, 0.15) is 289 Å². The number of fused-ring (bicyclic) bond motifs is 2. The number of amides is 1. The highest BCUT2D eigenvalue weighted by atomic mass is 16.8. The van der Waals surface area contributed by atoms with E-state index in [4.69, 9.17) is 61.6 Å². The lowest BCUT2D eigenvalue weighted by atomic mass is 9.76. The fourth-order valence-electron chi connectivity index (χ4n) is 15.2. The van der Waals surface area contributed by atoms with Gasteiger partial charge in [-0.3, -0.25) is 24.0 Å². The molecule has 608 valence electrons. The van der Waals surface area contributed by atoms with Crippen LogP contribution in [0.5, 0.6) is 0 Å². The minimum absolute atomic E-state index is 0.00270. The van der Waals surface area contributed by atoms with E-state index in [0.717, 1.165) is 44.9 Å². The monoisotopic (exact) mass is 1520 g/mol. The lowest BCUT2D eigenvalue weighted by Gasteiger charge is -2.52. The molecule has 0 aromatic heterocycles. The Kier molecular flexibility index (Phi) is 41.8. The number of hydrogen-bond donors (Lipinski definition) is 1. The third-order valence-electron chi connectivity index (χ3n) is 22.0. The average molecular weight is 1520 g/mol. The fourth-order valence-corrected chi connectivity index (χ4v) is 15.2. The number of benzene rings is 2. The van der Waals surface area contributed by atoms with Gasteiger partial charge in [-0.25, -0.2) is 14.4 Å². The van der Waals surface area contributed by atoms with Gasteiger partial charge < -0.3 is 66.9 Å². The summed E-state index contributed by atoms with van der Waals surface area (Å²) in [6.07, 6.45) is 23.3. The van der Waals surface area contributed by atoms with Crippen LogP contribution in [0.2, 0.25) is 0 Å². The molecule has 22 heteroatoms. The smallest absolute Gasteiger partial charge is 0.366 e. The van der Waals surface area contributed by atoms with Crippen LogP contribution in [0.3, 0.4) is 0 Å². The van der Waals surface area contributed by atoms with Crippen molar-refractivity contribution in [3.05, 3.63) is 83.9 Å². The molecule has 1 amide bonds. The van der Waals surface area contributed by atoms with Crippen molar-refractivity contribution in [1.29, 1.82) is 0 Å². The Labute approximate surface area is 644 Å². The zero-order valence-electron chi connectivity index (χ0n) is 67.1. The lowest BCUT2D eigenvalue weighted by Crippen LogP contribution is -2.63. The van der Waals surface area contributed by atoms with Gasteiger partial charge in [0.05, 0.1) is 68.1 Å². The maximum atomic E-state index is 14.7. The molecule has 5 unspecified atom stereocenters. The summed E-state index contributed by atoms with van der Waals surface area (Å²) in [5, 5.41) is 3.17. The van der Waals surface area contributed by atoms with E-state index in [2.05, 4.69) is 19.2 Å². The normalized spacial score (nSPS) is 27.6. The van der Waals surface area contributed by atoms with E-state index >= 15 is 0 Å². The summed E-state index contributed by atoms with van der Waals surface area (Å²) < 4.78 is 83.3. The van der Waals surface area contributed by atoms with Crippen LogP contribution < -0.4 is 5.32 Å². The van der Waals surface area contributed by atoms with Gasteiger partial charge in [0.1, 0.15) is 38.1 Å². The second-order valence-corrected chi connectivity index (χ2v) is 30.8. The van der Waals surface area contributed by atoms with Crippen LogP contribution in [-0.4, -0.2) is 154 Å². The molecule has 0 aliphatic carbocycles. The molecule has 1 N–H and O–H groups in total. The Hall–Kier alpha value is -6.30. The van der Waals surface area contributed by atoms with Crippen molar-refractivity contribution in [2.24, 2.45) is 35.5 Å². The van der Waals surface area contributed by atoms with Gasteiger partial charge in [-0.05, 0) is 61.4 Å². The maximum Gasteiger partial charge on any atom is 0.366 e. The third kappa shape index (κ3) is 30.8. The van der Waals surface area contributed by atoms with Crippen molar-refractivity contribution in [2.75, 3.05) is 33.5 Å². The number of allylic oxidation sites excluding steroid dienone is 1. The molecule has 22 nitrogen and oxygen atoms in total. The SMILES string of the molecule is CCCCCCCCCCCCC/C=C/[C@H]1OC(=O)CCC(=O)OC[C@@H]2O[C@@H](OC[C@@H]1NC(=O)CCCCCCCCCCCCCCCCC)C(OC(=O)c1ccccc1)C(C)[C@@H]2O[C@@H]1OC(COC(=O)c2ccccc2)[C@H](C)[C@H](O[C@]2(C(=O)OC)CC(C)[C@@H](C)[C@H]([C@H](C)[C@@H](COC(C)=O)OC(C)=O)O2)C1C. The van der Waals surface area contributed by atoms with Gasteiger partial charge in [0.15, 0.2) is 18.7 Å². The summed E-state index contributed by atoms with van der Waals surface area (Å²) in [6.45, 7) is 16.7. The molecular weight excluding hydrogens is 1380 g/mol. The first-order valence-electron chi connectivity index (χ1n) is 41.2. The molecule has 0 spiro atoms. The van der Waals surface area contributed by atoms with Crippen LogP contribution in [0.4, 0.5) is 0 Å². The van der Waals surface area contributed by atoms with Gasteiger partial charge in [-0.1, -0.05) is 252 Å². The van der Waals surface area contributed by atoms with Crippen molar-refractivity contribution < 1.29 is 99.9 Å². The highest BCUT2D eigenvalue weighted by Crippen LogP contribution is 2.47. The van der Waals surface area contributed by atoms with Gasteiger partial charge in [0, 0.05) is 50.4 Å². The molecule has 2 aromatic carbocycles. The minimum atomic E-state index is -2.12. The number of carbonyl (C=O) groups excluding carboxylic acids is 8. The van der Waals surface area contributed by atoms with Gasteiger partial charge in [-0.2, -0.15) is 0 Å². The predicted octanol–water partition coefficient (Wildman–Crippen LogP) is 16.5. The average Bonchev–Trinajstić information content (AvgIpc) is 0.758. The van der Waals surface area contributed by atoms with Crippen LogP contribution in [-0.2, 0) is 90.3 Å². The largest absolute Gasteiger partial charge is 0.465 e. The first kappa shape index (κ1) is 90.6. The summed E-state index contributed by atoms with van der Waals surface area (Å²) in [6, 6.07) is 15.8. The van der Waals surface area contributed by atoms with Gasteiger partial charge in [0.2, 0.25) is 5.91 Å². The summed E-state index contributed by atoms with van der Waals surface area (Å²) in [5.41, 5.74) is 0.506. The molecule has 4 aliphatic rings. The van der Waals surface area contributed by atoms with E-state index in [1.54, 1.807) is 87.5 Å². The zero-order valence-corrected chi connectivity index (χ0v) is 67.1. The second kappa shape index (κ2) is 49.9. The number of rotatable bonds is 45. The Balaban J connectivity index is 1.31. The molecule has 4 heterocycles. The number of cyclic esters (lactones) is 2. The number of ether oxygens (including phenoxy) is 13. The van der Waals surface area contributed by atoms with Crippen molar-refractivity contribution >= 4 is 47.7 Å². The zero-order chi connectivity index (χ0) is 78.2. The third-order valence-corrected chi connectivity index (χ3v) is 22.0. The molecule has 4 saturated heterocycles. The number of methoxy groups -OCH3 is 1. The minimum Gasteiger partial charge on any atom is -0.465 e. The predicted molar refractivity (Wildman–Crippen MR) is 409 cm³/mol. The van der Waals surface area contributed by atoms with Gasteiger partial charge in [-0.15, -0.1) is 0 Å². The van der Waals surface area contributed by atoms with E-state index < -0.39 is 145 Å². The fraction of sp³-hybridized carbons (Fsp3) is 0.744. The molecule has 0 saturated carbocycles. The van der Waals surface area contributed by atoms with Crippen molar-refractivity contribution in [1.82, 2.24) is 5.32 Å². The van der Waals surface area contributed by atoms with E-state index in [9.17, 15) is 38.4 Å². The topological polar surface area (TPSA) is 269 Å². The van der Waals surface area contributed by atoms with Crippen LogP contribution >= 0.6 is 0 Å². The van der Waals surface area contributed by atoms with E-state index in [0.29, 0.717) is 12.8 Å². The highest BCUT2D eigenvalue weighted by molar-refractivity contribution is 5.90. The maximum absolute atomic E-state index is 14.7. The Morgan fingerprint density at radius 2 is 1.15 bits per heavy atom. The van der Waals surface area contributed by atoms with E-state index in [1.165, 1.54) is 137 Å². The molecule has 4 aliphatic heterocycles. The van der Waals surface area contributed by atoms with Crippen LogP contribution in [0.25, 0.3) is 0 Å². The molecular formula is C86H133NO21. The number of unbranched alkanes of at least 4 members (excludes halogenated alkanes) is 25. The van der Waals surface area contributed by atoms with E-state index in [1.807, 2.05) is 26.8 Å². The Morgan fingerprint density at radius 1 is 0.602 bits per heavy atom. The number of hydrogen-bond acceptors (Lipinski definition) is 21. The standard InChI is InChI=1S/C86H133NO21/c1-12-14-16-18-20-22-24-26-27-29-31-33-35-37-45-51-74(90)87-69-55-100-84-80(105-82(94)68-48-42-39-43-49-68)63(7)79(73(104-84)58-98-75(91)52-53-76(92)102-70(69)50-44-36-34-32-30-28-25-23-21-19-17-15-13-2)106-83-64(8)78(62(6)72(103-83)57-99-81(93)67-46-40-38-41-47-67)108-86(85(95)96-11)54-59(3)60(4)77(107-86)61(5)71(101-66(10)89)56-97-65(9)88/h38-44,46-50,59-64,69-73,77-80,83-84H,12-37,45,51-58H2,1-11H3,(H,87,90)/b50-44+/t59?,60-,61-,62+,63?,64?,69+,70-,71-,72?,73+,77-,78+,79+,80?,83+,84-,86+/m1/s1. The first-order valence-corrected chi connectivity index (χ1v) is 41.2. The van der Waals surface area contributed by atoms with Crippen LogP contribution in [0, 0.1) is 35.5 Å². The lowest BCUT2D eigenvalue weighted by molar-refractivity contribution is -0.369. The van der Waals surface area contributed by atoms with Crippen molar-refractivity contribution in [3.8, 4) is 0 Å². The Bertz CT molecular complexity index is 2990. The van der Waals surface area contributed by atoms with Crippen LogP contribution in [0.15, 0.2) is 72.8 Å². The van der Waals surface area contributed by atoms with Crippen molar-refractivity contribution in [2.45, 2.75) is 342 Å². The van der Waals surface area contributed by atoms with Gasteiger partial charge >= 0.3 is 41.8 Å². The summed E-state index contributed by atoms with van der Waals surface area (Å²) >= 11 is 0. The highest BCUT2D eigenvalue weighted by Gasteiger charge is 2.59. The summed E-state index contributed by atoms with van der Waals surface area (Å²) in [4.78, 5) is 110. The summed E-state index contributed by atoms with van der Waals surface area (Å²) in [5.74, 6) is -10.9. The number of carbonyl (C=O) groups is 8. The Morgan fingerprint density at radius 3 is 1.70 bits per heavy atom. The van der Waals surface area contributed by atoms with Crippen molar-refractivity contribution in [3.63, 3.8) is 0 Å². The molecule has 2 bridgehead atoms. The quantitative estimate of drug-likeness (QED) is 0.0279. The molecule has 18 atom stereocenters. The first-order chi connectivity index (χ1) is 52.1.